The summed E-state index contributed by atoms with van der Waals surface area (Å²) in [5.74, 6) is 0.586. The summed E-state index contributed by atoms with van der Waals surface area (Å²) in [6.07, 6.45) is 0. The molecule has 2 unspecified atom stereocenters. The molecule has 0 spiro atoms. The third-order valence-corrected chi connectivity index (χ3v) is 5.09. The van der Waals surface area contributed by atoms with Gasteiger partial charge in [-0.25, -0.2) is 0 Å². The highest BCUT2D eigenvalue weighted by molar-refractivity contribution is 9.10. The quantitative estimate of drug-likeness (QED) is 0.785. The van der Waals surface area contributed by atoms with E-state index in [1.165, 1.54) is 0 Å². The molecule has 2 N–H and O–H groups in total. The van der Waals surface area contributed by atoms with Crippen molar-refractivity contribution in [2.24, 2.45) is 11.8 Å². The van der Waals surface area contributed by atoms with Gasteiger partial charge < -0.3 is 10.6 Å². The predicted molar refractivity (Wildman–Crippen MR) is 103 cm³/mol. The molecule has 2 atom stereocenters. The molecular formula is C19H22BrClN2O. The number of hydrogen-bond donors (Lipinski definition) is 2. The van der Waals surface area contributed by atoms with Crippen LogP contribution >= 0.6 is 28.3 Å². The van der Waals surface area contributed by atoms with E-state index in [0.717, 1.165) is 28.7 Å². The minimum Gasteiger partial charge on any atom is -0.345 e. The number of benzene rings is 2. The maximum atomic E-state index is 12.7. The Kier molecular flexibility index (Phi) is 6.84. The van der Waals surface area contributed by atoms with Gasteiger partial charge in [0.1, 0.15) is 0 Å². The van der Waals surface area contributed by atoms with Gasteiger partial charge in [0.15, 0.2) is 0 Å². The monoisotopic (exact) mass is 408 g/mol. The van der Waals surface area contributed by atoms with Crippen LogP contribution in [0, 0.1) is 11.8 Å². The lowest BCUT2D eigenvalue weighted by Crippen LogP contribution is -2.50. The Hall–Kier alpha value is -1.36. The van der Waals surface area contributed by atoms with Crippen LogP contribution in [0.25, 0.3) is 0 Å². The number of carbonyl (C=O) groups is 1. The molecule has 1 saturated heterocycles. The van der Waals surface area contributed by atoms with Crippen LogP contribution < -0.4 is 10.6 Å². The van der Waals surface area contributed by atoms with Crippen LogP contribution in [0.5, 0.6) is 0 Å². The summed E-state index contributed by atoms with van der Waals surface area (Å²) in [7, 11) is 0. The van der Waals surface area contributed by atoms with E-state index in [0.29, 0.717) is 5.92 Å². The van der Waals surface area contributed by atoms with Gasteiger partial charge in [0.05, 0.1) is 6.04 Å². The van der Waals surface area contributed by atoms with E-state index in [1.807, 2.05) is 37.3 Å². The molecule has 1 aliphatic heterocycles. The maximum absolute atomic E-state index is 12.7. The highest BCUT2D eigenvalue weighted by atomic mass is 79.9. The van der Waals surface area contributed by atoms with Crippen LogP contribution in [0.2, 0.25) is 0 Å². The lowest BCUT2D eigenvalue weighted by Gasteiger charge is -2.33. The van der Waals surface area contributed by atoms with Gasteiger partial charge in [-0.15, -0.1) is 12.4 Å². The zero-order chi connectivity index (χ0) is 16.2. The Labute approximate surface area is 157 Å². The molecule has 3 rings (SSSR count). The summed E-state index contributed by atoms with van der Waals surface area (Å²) in [4.78, 5) is 12.7. The van der Waals surface area contributed by atoms with Gasteiger partial charge in [-0.05, 0) is 42.3 Å². The van der Waals surface area contributed by atoms with Crippen molar-refractivity contribution < 1.29 is 4.79 Å². The fourth-order valence-electron chi connectivity index (χ4n) is 2.81. The van der Waals surface area contributed by atoms with Crippen LogP contribution in [0.4, 0.5) is 0 Å². The maximum Gasteiger partial charge on any atom is 0.223 e. The molecule has 0 aromatic heterocycles. The average molecular weight is 410 g/mol. The first-order valence-corrected chi connectivity index (χ1v) is 8.76. The van der Waals surface area contributed by atoms with Crippen LogP contribution in [0.3, 0.4) is 0 Å². The summed E-state index contributed by atoms with van der Waals surface area (Å²) in [6, 6.07) is 18.1. The van der Waals surface area contributed by atoms with Gasteiger partial charge in [-0.1, -0.05) is 65.3 Å². The van der Waals surface area contributed by atoms with Gasteiger partial charge in [0.2, 0.25) is 5.91 Å². The van der Waals surface area contributed by atoms with Crippen LogP contribution in [0.15, 0.2) is 59.1 Å². The third-order valence-electron chi connectivity index (χ3n) is 4.56. The first-order chi connectivity index (χ1) is 11.1. The SMILES string of the molecule is CC(C(=O)NC(c1ccccc1)c1ccc(Br)cc1)C1CNC1.Cl. The fourth-order valence-corrected chi connectivity index (χ4v) is 3.08. The highest BCUT2D eigenvalue weighted by Gasteiger charge is 2.30. The zero-order valence-electron chi connectivity index (χ0n) is 13.5. The van der Waals surface area contributed by atoms with Crippen LogP contribution in [-0.2, 0) is 4.79 Å². The lowest BCUT2D eigenvalue weighted by atomic mass is 9.87. The van der Waals surface area contributed by atoms with Crippen molar-refractivity contribution in [2.45, 2.75) is 13.0 Å². The van der Waals surface area contributed by atoms with Gasteiger partial charge in [0.25, 0.3) is 0 Å². The van der Waals surface area contributed by atoms with Crippen LogP contribution in [0.1, 0.15) is 24.1 Å². The number of hydrogen-bond acceptors (Lipinski definition) is 2. The third kappa shape index (κ3) is 4.38. The predicted octanol–water partition coefficient (Wildman–Crippen LogP) is 3.93. The topological polar surface area (TPSA) is 41.1 Å². The molecule has 1 fully saturated rings. The van der Waals surface area contributed by atoms with Gasteiger partial charge in [-0.3, -0.25) is 4.79 Å². The van der Waals surface area contributed by atoms with E-state index >= 15 is 0 Å². The second-order valence-corrected chi connectivity index (χ2v) is 7.03. The highest BCUT2D eigenvalue weighted by Crippen LogP contribution is 2.25. The molecular weight excluding hydrogens is 388 g/mol. The molecule has 1 heterocycles. The molecule has 0 saturated carbocycles. The molecule has 128 valence electrons. The normalized spacial score (nSPS) is 16.4. The van der Waals surface area contributed by atoms with Gasteiger partial charge >= 0.3 is 0 Å². The van der Waals surface area contributed by atoms with Crippen LogP contribution in [-0.4, -0.2) is 19.0 Å². The Morgan fingerprint density at radius 3 is 2.21 bits per heavy atom. The lowest BCUT2D eigenvalue weighted by molar-refractivity contribution is -0.127. The molecule has 1 aliphatic rings. The van der Waals surface area contributed by atoms with Crippen molar-refractivity contribution >= 4 is 34.2 Å². The number of halogens is 2. The molecule has 0 aliphatic carbocycles. The van der Waals surface area contributed by atoms with E-state index in [9.17, 15) is 4.79 Å². The zero-order valence-corrected chi connectivity index (χ0v) is 15.9. The van der Waals surface area contributed by atoms with Gasteiger partial charge in [0, 0.05) is 10.4 Å². The van der Waals surface area contributed by atoms with E-state index < -0.39 is 0 Å². The number of carbonyl (C=O) groups excluding carboxylic acids is 1. The van der Waals surface area contributed by atoms with E-state index in [-0.39, 0.29) is 30.3 Å². The molecule has 2 aromatic carbocycles. The van der Waals surface area contributed by atoms with Gasteiger partial charge in [-0.2, -0.15) is 0 Å². The van der Waals surface area contributed by atoms with Crippen molar-refractivity contribution in [3.8, 4) is 0 Å². The molecule has 3 nitrogen and oxygen atoms in total. The molecule has 24 heavy (non-hydrogen) atoms. The summed E-state index contributed by atoms with van der Waals surface area (Å²) in [6.45, 7) is 3.89. The second-order valence-electron chi connectivity index (χ2n) is 6.11. The molecule has 5 heteroatoms. The molecule has 1 amide bonds. The smallest absolute Gasteiger partial charge is 0.223 e. The molecule has 0 bridgehead atoms. The summed E-state index contributed by atoms with van der Waals surface area (Å²) < 4.78 is 1.04. The van der Waals surface area contributed by atoms with Crippen molar-refractivity contribution in [3.05, 3.63) is 70.2 Å². The minimum absolute atomic E-state index is 0. The van der Waals surface area contributed by atoms with Crippen molar-refractivity contribution in [1.82, 2.24) is 10.6 Å². The van der Waals surface area contributed by atoms with Crippen molar-refractivity contribution in [3.63, 3.8) is 0 Å². The Balaban J connectivity index is 0.00000208. The summed E-state index contributed by atoms with van der Waals surface area (Å²) >= 11 is 3.47. The summed E-state index contributed by atoms with van der Waals surface area (Å²) in [5.41, 5.74) is 2.19. The molecule has 0 radical (unpaired) electrons. The Morgan fingerprint density at radius 1 is 1.08 bits per heavy atom. The van der Waals surface area contributed by atoms with E-state index in [1.54, 1.807) is 0 Å². The number of rotatable bonds is 5. The van der Waals surface area contributed by atoms with Crippen molar-refractivity contribution in [1.29, 1.82) is 0 Å². The average Bonchev–Trinajstić information content (AvgIpc) is 2.52. The number of amides is 1. The standard InChI is InChI=1S/C19H21BrN2O.ClH/c1-13(16-11-21-12-16)19(23)22-18(14-5-3-2-4-6-14)15-7-9-17(20)10-8-15;/h2-10,13,16,18,21H,11-12H2,1H3,(H,22,23);1H. The number of nitrogens with one attached hydrogen (secondary N) is 2. The van der Waals surface area contributed by atoms with E-state index in [4.69, 9.17) is 0 Å². The van der Waals surface area contributed by atoms with Crippen molar-refractivity contribution in [2.75, 3.05) is 13.1 Å². The minimum atomic E-state index is -0.118. The Morgan fingerprint density at radius 2 is 1.67 bits per heavy atom. The first kappa shape index (κ1) is 19.0. The molecule has 2 aromatic rings. The first-order valence-electron chi connectivity index (χ1n) is 7.96. The Bertz CT molecular complexity index is 659. The largest absolute Gasteiger partial charge is 0.345 e. The summed E-state index contributed by atoms with van der Waals surface area (Å²) in [5, 5.41) is 6.47. The van der Waals surface area contributed by atoms with E-state index in [2.05, 4.69) is 50.8 Å². The second kappa shape index (κ2) is 8.65. The fraction of sp³-hybridized carbons (Fsp3) is 0.316.